The Balaban J connectivity index is 1.93. The van der Waals surface area contributed by atoms with Crippen molar-refractivity contribution in [1.29, 1.82) is 5.26 Å². The molecule has 2 aromatic heterocycles. The van der Waals surface area contributed by atoms with Crippen LogP contribution >= 0.6 is 0 Å². The zero-order valence-corrected chi connectivity index (χ0v) is 12.4. The molecular weight excluding hydrogens is 288 g/mol. The fourth-order valence-electron chi connectivity index (χ4n) is 2.74. The second kappa shape index (κ2) is 4.82. The number of anilines is 1. The quantitative estimate of drug-likeness (QED) is 0.577. The SMILES string of the molecule is Cc1c(C#N)cnc2ccc(-c3ccc4oc(N)nc4c3)cc12. The van der Waals surface area contributed by atoms with Crippen molar-refractivity contribution in [3.05, 3.63) is 53.7 Å². The molecule has 0 aliphatic rings. The first-order valence-corrected chi connectivity index (χ1v) is 7.11. The third kappa shape index (κ3) is 2.09. The van der Waals surface area contributed by atoms with E-state index in [4.69, 9.17) is 15.4 Å². The molecule has 2 N–H and O–H groups in total. The maximum Gasteiger partial charge on any atom is 0.292 e. The van der Waals surface area contributed by atoms with Gasteiger partial charge >= 0.3 is 0 Å². The largest absolute Gasteiger partial charge is 0.424 e. The van der Waals surface area contributed by atoms with Crippen molar-refractivity contribution >= 4 is 28.0 Å². The number of pyridine rings is 1. The summed E-state index contributed by atoms with van der Waals surface area (Å²) in [5, 5.41) is 10.1. The van der Waals surface area contributed by atoms with Crippen LogP contribution in [0.5, 0.6) is 0 Å². The number of rotatable bonds is 1. The standard InChI is InChI=1S/C18H12N4O/c1-10-13(8-19)9-21-15-4-2-11(6-14(10)15)12-3-5-17-16(7-12)22-18(20)23-17/h2-7,9H,1H3,(H2,20,22). The lowest BCUT2D eigenvalue weighted by Crippen LogP contribution is -1.89. The summed E-state index contributed by atoms with van der Waals surface area (Å²) in [6, 6.07) is 14.1. The molecule has 0 amide bonds. The van der Waals surface area contributed by atoms with Gasteiger partial charge in [-0.25, -0.2) is 0 Å². The van der Waals surface area contributed by atoms with Gasteiger partial charge < -0.3 is 10.2 Å². The Labute approximate surface area is 132 Å². The van der Waals surface area contributed by atoms with Crippen molar-refractivity contribution in [3.8, 4) is 17.2 Å². The molecular formula is C18H12N4O. The monoisotopic (exact) mass is 300 g/mol. The summed E-state index contributed by atoms with van der Waals surface area (Å²) in [5.41, 5.74) is 11.4. The molecule has 23 heavy (non-hydrogen) atoms. The van der Waals surface area contributed by atoms with Crippen LogP contribution in [0.3, 0.4) is 0 Å². The maximum atomic E-state index is 9.16. The van der Waals surface area contributed by atoms with Crippen LogP contribution in [0.2, 0.25) is 0 Å². The zero-order chi connectivity index (χ0) is 16.0. The first-order valence-electron chi connectivity index (χ1n) is 7.11. The first kappa shape index (κ1) is 13.3. The molecule has 0 spiro atoms. The lowest BCUT2D eigenvalue weighted by atomic mass is 9.99. The van der Waals surface area contributed by atoms with Crippen molar-refractivity contribution in [1.82, 2.24) is 9.97 Å². The Morgan fingerprint density at radius 2 is 1.87 bits per heavy atom. The van der Waals surface area contributed by atoms with E-state index in [0.29, 0.717) is 11.1 Å². The second-order valence-corrected chi connectivity index (χ2v) is 5.38. The third-order valence-electron chi connectivity index (χ3n) is 4.00. The van der Waals surface area contributed by atoms with Crippen LogP contribution in [0.15, 0.2) is 47.0 Å². The second-order valence-electron chi connectivity index (χ2n) is 5.38. The minimum atomic E-state index is 0.161. The Morgan fingerprint density at radius 3 is 2.70 bits per heavy atom. The Kier molecular flexibility index (Phi) is 2.78. The molecule has 4 rings (SSSR count). The van der Waals surface area contributed by atoms with E-state index in [1.807, 2.05) is 43.3 Å². The van der Waals surface area contributed by atoms with E-state index in [1.165, 1.54) is 0 Å². The Hall–Kier alpha value is -3.39. The molecule has 4 aromatic rings. The molecule has 0 bridgehead atoms. The predicted molar refractivity (Wildman–Crippen MR) is 88.6 cm³/mol. The van der Waals surface area contributed by atoms with Gasteiger partial charge in [0, 0.05) is 11.6 Å². The van der Waals surface area contributed by atoms with Crippen LogP contribution < -0.4 is 5.73 Å². The fraction of sp³-hybridized carbons (Fsp3) is 0.0556. The number of nitrogen functional groups attached to an aromatic ring is 1. The molecule has 0 saturated heterocycles. The minimum Gasteiger partial charge on any atom is -0.424 e. The Morgan fingerprint density at radius 1 is 1.09 bits per heavy atom. The number of oxazole rings is 1. The summed E-state index contributed by atoms with van der Waals surface area (Å²) < 4.78 is 5.30. The summed E-state index contributed by atoms with van der Waals surface area (Å²) >= 11 is 0. The highest BCUT2D eigenvalue weighted by Gasteiger charge is 2.09. The number of aromatic nitrogens is 2. The van der Waals surface area contributed by atoms with Crippen LogP contribution in [0, 0.1) is 18.3 Å². The van der Waals surface area contributed by atoms with Gasteiger partial charge in [-0.05, 0) is 47.9 Å². The summed E-state index contributed by atoms with van der Waals surface area (Å²) in [7, 11) is 0. The summed E-state index contributed by atoms with van der Waals surface area (Å²) in [5.74, 6) is 0. The van der Waals surface area contributed by atoms with E-state index in [0.717, 1.165) is 33.1 Å². The number of nitriles is 1. The Bertz CT molecular complexity index is 1110. The fourth-order valence-corrected chi connectivity index (χ4v) is 2.74. The molecule has 0 aliphatic carbocycles. The average molecular weight is 300 g/mol. The van der Waals surface area contributed by atoms with Crippen molar-refractivity contribution < 1.29 is 4.42 Å². The highest BCUT2D eigenvalue weighted by atomic mass is 16.4. The number of nitrogens with zero attached hydrogens (tertiary/aromatic N) is 3. The summed E-state index contributed by atoms with van der Waals surface area (Å²) in [6.07, 6.45) is 1.61. The van der Waals surface area contributed by atoms with E-state index in [9.17, 15) is 0 Å². The highest BCUT2D eigenvalue weighted by molar-refractivity contribution is 5.90. The van der Waals surface area contributed by atoms with Crippen LogP contribution in [-0.2, 0) is 0 Å². The molecule has 5 heteroatoms. The molecule has 0 fully saturated rings. The van der Waals surface area contributed by atoms with E-state index in [2.05, 4.69) is 16.0 Å². The van der Waals surface area contributed by atoms with Gasteiger partial charge in [0.2, 0.25) is 0 Å². The average Bonchev–Trinajstić information content (AvgIpc) is 2.94. The van der Waals surface area contributed by atoms with E-state index < -0.39 is 0 Å². The van der Waals surface area contributed by atoms with Crippen molar-refractivity contribution in [2.75, 3.05) is 5.73 Å². The first-order chi connectivity index (χ1) is 11.2. The summed E-state index contributed by atoms with van der Waals surface area (Å²) in [6.45, 7) is 1.94. The molecule has 110 valence electrons. The van der Waals surface area contributed by atoms with Crippen molar-refractivity contribution in [2.24, 2.45) is 0 Å². The van der Waals surface area contributed by atoms with Gasteiger partial charge in [-0.15, -0.1) is 0 Å². The molecule has 0 unspecified atom stereocenters. The van der Waals surface area contributed by atoms with Gasteiger partial charge in [0.1, 0.15) is 11.6 Å². The number of hydrogen-bond acceptors (Lipinski definition) is 5. The van der Waals surface area contributed by atoms with Gasteiger partial charge in [-0.2, -0.15) is 10.2 Å². The zero-order valence-electron chi connectivity index (χ0n) is 12.4. The number of fused-ring (bicyclic) bond motifs is 2. The van der Waals surface area contributed by atoms with Crippen molar-refractivity contribution in [3.63, 3.8) is 0 Å². The lowest BCUT2D eigenvalue weighted by molar-refractivity contribution is 0.626. The molecule has 0 radical (unpaired) electrons. The smallest absolute Gasteiger partial charge is 0.292 e. The minimum absolute atomic E-state index is 0.161. The normalized spacial score (nSPS) is 11.0. The number of nitrogens with two attached hydrogens (primary N) is 1. The van der Waals surface area contributed by atoms with Gasteiger partial charge in [-0.3, -0.25) is 4.98 Å². The van der Waals surface area contributed by atoms with E-state index in [1.54, 1.807) is 6.20 Å². The van der Waals surface area contributed by atoms with Crippen molar-refractivity contribution in [2.45, 2.75) is 6.92 Å². The lowest BCUT2D eigenvalue weighted by Gasteiger charge is -2.07. The van der Waals surface area contributed by atoms with Crippen LogP contribution in [0.25, 0.3) is 33.1 Å². The van der Waals surface area contributed by atoms with Gasteiger partial charge in [0.15, 0.2) is 5.58 Å². The molecule has 0 saturated carbocycles. The molecule has 5 nitrogen and oxygen atoms in total. The molecule has 0 aliphatic heterocycles. The number of benzene rings is 2. The molecule has 2 heterocycles. The van der Waals surface area contributed by atoms with Gasteiger partial charge in [0.05, 0.1) is 11.1 Å². The third-order valence-corrected chi connectivity index (χ3v) is 4.00. The molecule has 2 aromatic carbocycles. The van der Waals surface area contributed by atoms with Crippen LogP contribution in [0.1, 0.15) is 11.1 Å². The number of aryl methyl sites for hydroxylation is 1. The number of hydrogen-bond donors (Lipinski definition) is 1. The van der Waals surface area contributed by atoms with E-state index in [-0.39, 0.29) is 6.01 Å². The van der Waals surface area contributed by atoms with Crippen LogP contribution in [-0.4, -0.2) is 9.97 Å². The van der Waals surface area contributed by atoms with E-state index >= 15 is 0 Å². The maximum absolute atomic E-state index is 9.16. The summed E-state index contributed by atoms with van der Waals surface area (Å²) in [4.78, 5) is 8.50. The predicted octanol–water partition coefficient (Wildman–Crippen LogP) is 3.81. The van der Waals surface area contributed by atoms with Crippen LogP contribution in [0.4, 0.5) is 6.01 Å². The molecule has 0 atom stereocenters. The topological polar surface area (TPSA) is 88.7 Å². The highest BCUT2D eigenvalue weighted by Crippen LogP contribution is 2.29. The van der Waals surface area contributed by atoms with Gasteiger partial charge in [0.25, 0.3) is 6.01 Å². The van der Waals surface area contributed by atoms with Gasteiger partial charge in [-0.1, -0.05) is 12.1 Å².